The molecule has 3 rings (SSSR count). The van der Waals surface area contributed by atoms with Gasteiger partial charge in [-0.1, -0.05) is 12.8 Å². The van der Waals surface area contributed by atoms with Gasteiger partial charge in [0.2, 0.25) is 5.91 Å². The predicted molar refractivity (Wildman–Crippen MR) is 79.7 cm³/mol. The highest BCUT2D eigenvalue weighted by molar-refractivity contribution is 5.81. The van der Waals surface area contributed by atoms with Crippen molar-refractivity contribution >= 4 is 5.91 Å². The fourth-order valence-corrected chi connectivity index (χ4v) is 3.58. The van der Waals surface area contributed by atoms with Crippen molar-refractivity contribution in [3.05, 3.63) is 0 Å². The van der Waals surface area contributed by atoms with Gasteiger partial charge >= 0.3 is 0 Å². The van der Waals surface area contributed by atoms with Crippen LogP contribution in [0.3, 0.4) is 0 Å². The highest BCUT2D eigenvalue weighted by atomic mass is 16.2. The zero-order valence-corrected chi connectivity index (χ0v) is 12.6. The summed E-state index contributed by atoms with van der Waals surface area (Å²) in [5, 5.41) is 6.56. The van der Waals surface area contributed by atoms with E-state index in [1.54, 1.807) is 0 Å². The molecule has 20 heavy (non-hydrogen) atoms. The van der Waals surface area contributed by atoms with Crippen molar-refractivity contribution in [1.29, 1.82) is 0 Å². The molecule has 2 aliphatic heterocycles. The Morgan fingerprint density at radius 2 is 1.80 bits per heavy atom. The van der Waals surface area contributed by atoms with Crippen molar-refractivity contribution in [2.45, 2.75) is 50.7 Å². The third kappa shape index (κ3) is 3.15. The number of amides is 1. The number of nitrogens with zero attached hydrogens (tertiary/aromatic N) is 2. The zero-order valence-electron chi connectivity index (χ0n) is 12.6. The van der Waals surface area contributed by atoms with Gasteiger partial charge in [-0.15, -0.1) is 0 Å². The van der Waals surface area contributed by atoms with Gasteiger partial charge in [-0.05, 0) is 19.8 Å². The van der Waals surface area contributed by atoms with E-state index in [9.17, 15) is 4.79 Å². The summed E-state index contributed by atoms with van der Waals surface area (Å²) in [4.78, 5) is 17.2. The molecule has 0 bridgehead atoms. The van der Waals surface area contributed by atoms with E-state index < -0.39 is 0 Å². The number of hydrogen-bond acceptors (Lipinski definition) is 4. The Bertz CT molecular complexity index is 331. The molecule has 5 heteroatoms. The molecule has 1 atom stereocenters. The second-order valence-corrected chi connectivity index (χ2v) is 6.55. The minimum Gasteiger partial charge on any atom is -0.352 e. The number of carbonyl (C=O) groups is 1. The molecule has 1 amide bonds. The van der Waals surface area contributed by atoms with Gasteiger partial charge in [0.05, 0.1) is 6.04 Å². The maximum absolute atomic E-state index is 12.3. The molecule has 2 heterocycles. The lowest BCUT2D eigenvalue weighted by Crippen LogP contribution is -2.63. The number of rotatable bonds is 4. The maximum atomic E-state index is 12.3. The van der Waals surface area contributed by atoms with Gasteiger partial charge in [0, 0.05) is 51.4 Å². The first-order chi connectivity index (χ1) is 9.74. The van der Waals surface area contributed by atoms with E-state index in [2.05, 4.69) is 27.4 Å². The van der Waals surface area contributed by atoms with Gasteiger partial charge in [0.15, 0.2) is 0 Å². The van der Waals surface area contributed by atoms with Crippen LogP contribution in [0.1, 0.15) is 32.6 Å². The van der Waals surface area contributed by atoms with E-state index in [0.29, 0.717) is 6.04 Å². The summed E-state index contributed by atoms with van der Waals surface area (Å²) in [7, 11) is 0. The van der Waals surface area contributed by atoms with Gasteiger partial charge in [0.25, 0.3) is 0 Å². The van der Waals surface area contributed by atoms with Crippen LogP contribution in [0.4, 0.5) is 0 Å². The van der Waals surface area contributed by atoms with E-state index in [0.717, 1.165) is 45.3 Å². The van der Waals surface area contributed by atoms with E-state index in [-0.39, 0.29) is 11.9 Å². The molecule has 0 aromatic carbocycles. The summed E-state index contributed by atoms with van der Waals surface area (Å²) in [6, 6.07) is 1.20. The van der Waals surface area contributed by atoms with E-state index in [4.69, 9.17) is 0 Å². The summed E-state index contributed by atoms with van der Waals surface area (Å²) >= 11 is 0. The summed E-state index contributed by atoms with van der Waals surface area (Å²) < 4.78 is 0. The first-order valence-electron chi connectivity index (χ1n) is 8.23. The molecule has 1 saturated carbocycles. The second-order valence-electron chi connectivity index (χ2n) is 6.55. The largest absolute Gasteiger partial charge is 0.352 e. The van der Waals surface area contributed by atoms with Crippen LogP contribution in [-0.2, 0) is 4.79 Å². The van der Waals surface area contributed by atoms with Gasteiger partial charge < -0.3 is 10.6 Å². The minimum atomic E-state index is 0.0252. The van der Waals surface area contributed by atoms with Crippen molar-refractivity contribution < 1.29 is 4.79 Å². The highest BCUT2D eigenvalue weighted by Gasteiger charge is 2.31. The third-order valence-electron chi connectivity index (χ3n) is 5.25. The van der Waals surface area contributed by atoms with Crippen molar-refractivity contribution in [3.8, 4) is 0 Å². The first-order valence-corrected chi connectivity index (χ1v) is 8.23. The Morgan fingerprint density at radius 1 is 1.15 bits per heavy atom. The van der Waals surface area contributed by atoms with Crippen LogP contribution in [0, 0.1) is 0 Å². The Labute approximate surface area is 122 Å². The van der Waals surface area contributed by atoms with Crippen molar-refractivity contribution in [3.63, 3.8) is 0 Å². The topological polar surface area (TPSA) is 47.6 Å². The van der Waals surface area contributed by atoms with Gasteiger partial charge in [-0.2, -0.15) is 0 Å². The van der Waals surface area contributed by atoms with Gasteiger partial charge in [-0.25, -0.2) is 0 Å². The fraction of sp³-hybridized carbons (Fsp3) is 0.933. The van der Waals surface area contributed by atoms with Crippen LogP contribution in [-0.4, -0.2) is 73.1 Å². The molecule has 3 aliphatic rings. The van der Waals surface area contributed by atoms with Crippen LogP contribution in [0.15, 0.2) is 0 Å². The first kappa shape index (κ1) is 14.3. The zero-order chi connectivity index (χ0) is 13.9. The molecule has 1 aliphatic carbocycles. The Kier molecular flexibility index (Phi) is 4.58. The second kappa shape index (κ2) is 6.41. The van der Waals surface area contributed by atoms with Crippen LogP contribution in [0.25, 0.3) is 0 Å². The van der Waals surface area contributed by atoms with E-state index >= 15 is 0 Å². The van der Waals surface area contributed by atoms with E-state index in [1.165, 1.54) is 25.7 Å². The maximum Gasteiger partial charge on any atom is 0.237 e. The number of carbonyl (C=O) groups excluding carboxylic acids is 1. The Balaban J connectivity index is 1.42. The quantitative estimate of drug-likeness (QED) is 0.762. The van der Waals surface area contributed by atoms with Crippen molar-refractivity contribution in [1.82, 2.24) is 20.4 Å². The summed E-state index contributed by atoms with van der Waals surface area (Å²) in [6.07, 6.45) is 4.88. The van der Waals surface area contributed by atoms with Crippen molar-refractivity contribution in [2.24, 2.45) is 0 Å². The summed E-state index contributed by atoms with van der Waals surface area (Å²) in [6.45, 7) is 8.59. The average molecular weight is 280 g/mol. The molecule has 5 nitrogen and oxygen atoms in total. The summed E-state index contributed by atoms with van der Waals surface area (Å²) in [5.74, 6) is 0.232. The molecule has 3 fully saturated rings. The standard InChI is InChI=1S/C15H28N4O/c1-12(15(20)17-13-4-2-3-5-13)18-6-8-19(9-7-18)14-10-16-11-14/h12-14,16H,2-11H2,1H3,(H,17,20). The normalized spacial score (nSPS) is 28.2. The van der Waals surface area contributed by atoms with Crippen LogP contribution in [0.5, 0.6) is 0 Å². The number of hydrogen-bond donors (Lipinski definition) is 2. The predicted octanol–water partition coefficient (Wildman–Crippen LogP) is 0.0231. The molecule has 2 N–H and O–H groups in total. The van der Waals surface area contributed by atoms with Crippen LogP contribution in [0.2, 0.25) is 0 Å². The SMILES string of the molecule is CC(C(=O)NC1CCCC1)N1CCN(C2CNC2)CC1. The molecule has 0 aromatic rings. The molecular formula is C15H28N4O. The smallest absolute Gasteiger partial charge is 0.237 e. The van der Waals surface area contributed by atoms with E-state index in [1.807, 2.05) is 0 Å². The molecule has 0 aromatic heterocycles. The van der Waals surface area contributed by atoms with Crippen LogP contribution < -0.4 is 10.6 Å². The number of piperazine rings is 1. The summed E-state index contributed by atoms with van der Waals surface area (Å²) in [5.41, 5.74) is 0. The van der Waals surface area contributed by atoms with Gasteiger partial charge in [0.1, 0.15) is 0 Å². The lowest BCUT2D eigenvalue weighted by atomic mass is 10.1. The molecule has 0 spiro atoms. The lowest BCUT2D eigenvalue weighted by Gasteiger charge is -2.44. The van der Waals surface area contributed by atoms with Crippen LogP contribution >= 0.6 is 0 Å². The third-order valence-corrected chi connectivity index (χ3v) is 5.25. The molecule has 0 radical (unpaired) electrons. The fourth-order valence-electron chi connectivity index (χ4n) is 3.58. The Hall–Kier alpha value is -0.650. The molecule has 2 saturated heterocycles. The number of nitrogens with one attached hydrogen (secondary N) is 2. The average Bonchev–Trinajstić information content (AvgIpc) is 2.89. The minimum absolute atomic E-state index is 0.0252. The molecule has 1 unspecified atom stereocenters. The Morgan fingerprint density at radius 3 is 2.35 bits per heavy atom. The lowest BCUT2D eigenvalue weighted by molar-refractivity contribution is -0.127. The highest BCUT2D eigenvalue weighted by Crippen LogP contribution is 2.18. The molecular weight excluding hydrogens is 252 g/mol. The monoisotopic (exact) mass is 280 g/mol. The molecule has 114 valence electrons. The van der Waals surface area contributed by atoms with Gasteiger partial charge in [-0.3, -0.25) is 14.6 Å². The van der Waals surface area contributed by atoms with Crippen molar-refractivity contribution in [2.75, 3.05) is 39.3 Å².